The summed E-state index contributed by atoms with van der Waals surface area (Å²) in [5.41, 5.74) is 6.67. The minimum atomic E-state index is -0.907. The topological polar surface area (TPSA) is 87.7 Å². The molecule has 1 amide bonds. The fraction of sp³-hybridized carbons (Fsp3) is 0.467. The summed E-state index contributed by atoms with van der Waals surface area (Å²) in [7, 11) is 0. The number of carbonyl (C=O) groups excluding carboxylic acids is 1. The van der Waals surface area contributed by atoms with Gasteiger partial charge in [-0.1, -0.05) is 36.6 Å². The molecule has 5 nitrogen and oxygen atoms in total. The number of hydrogen-bond donors (Lipinski definition) is 3. The monoisotopic (exact) mass is 353 g/mol. The third kappa shape index (κ3) is 3.05. The number of aryl methyl sites for hydroxylation is 1. The molecule has 1 fully saturated rings. The van der Waals surface area contributed by atoms with E-state index in [1.807, 2.05) is 25.1 Å². The van der Waals surface area contributed by atoms with Crippen LogP contribution in [0.1, 0.15) is 37.7 Å². The van der Waals surface area contributed by atoms with Gasteiger partial charge in [0.05, 0.1) is 5.69 Å². The lowest BCUT2D eigenvalue weighted by Gasteiger charge is -2.34. The summed E-state index contributed by atoms with van der Waals surface area (Å²) in [5, 5.41) is 15.1. The molecule has 1 aromatic carbocycles. The fourth-order valence-corrected chi connectivity index (χ4v) is 3.20. The number of nitrogens with one attached hydrogen (secondary N) is 1. The van der Waals surface area contributed by atoms with Crippen LogP contribution in [0, 0.1) is 12.3 Å². The van der Waals surface area contributed by atoms with Crippen LogP contribution in [0.15, 0.2) is 27.8 Å². The highest BCUT2D eigenvalue weighted by molar-refractivity contribution is 9.10. The molecular weight excluding hydrogens is 334 g/mol. The van der Waals surface area contributed by atoms with Crippen molar-refractivity contribution < 1.29 is 10.0 Å². The van der Waals surface area contributed by atoms with Crippen molar-refractivity contribution in [2.75, 3.05) is 5.32 Å². The Kier molecular flexibility index (Phi) is 4.88. The molecule has 0 spiro atoms. The van der Waals surface area contributed by atoms with Crippen LogP contribution in [0.2, 0.25) is 0 Å². The van der Waals surface area contributed by atoms with Crippen LogP contribution in [0.3, 0.4) is 0 Å². The Hall–Kier alpha value is -1.56. The number of rotatable bonds is 3. The highest BCUT2D eigenvalue weighted by atomic mass is 79.9. The van der Waals surface area contributed by atoms with Crippen molar-refractivity contribution in [3.63, 3.8) is 0 Å². The van der Waals surface area contributed by atoms with Gasteiger partial charge >= 0.3 is 0 Å². The molecule has 0 aromatic heterocycles. The summed E-state index contributed by atoms with van der Waals surface area (Å²) < 4.78 is 0.851. The van der Waals surface area contributed by atoms with E-state index in [4.69, 9.17) is 10.9 Å². The third-order valence-electron chi connectivity index (χ3n) is 4.18. The zero-order valence-corrected chi connectivity index (χ0v) is 13.6. The van der Waals surface area contributed by atoms with Gasteiger partial charge in [-0.05, 0) is 47.3 Å². The summed E-state index contributed by atoms with van der Waals surface area (Å²) in [6, 6.07) is 5.67. The smallest absolute Gasteiger partial charge is 0.238 e. The van der Waals surface area contributed by atoms with Crippen LogP contribution in [0.25, 0.3) is 0 Å². The van der Waals surface area contributed by atoms with E-state index in [0.29, 0.717) is 18.5 Å². The van der Waals surface area contributed by atoms with E-state index in [1.54, 1.807) is 0 Å². The molecular formula is C15H20BrN3O2. The largest absolute Gasteiger partial charge is 0.409 e. The van der Waals surface area contributed by atoms with Crippen LogP contribution < -0.4 is 11.1 Å². The molecule has 0 heterocycles. The number of amides is 1. The fourth-order valence-electron chi connectivity index (χ4n) is 2.84. The molecule has 1 aliphatic carbocycles. The highest BCUT2D eigenvalue weighted by Gasteiger charge is 2.44. The Bertz CT molecular complexity index is 566. The van der Waals surface area contributed by atoms with Crippen molar-refractivity contribution >= 4 is 33.4 Å². The molecule has 0 saturated heterocycles. The molecule has 1 aromatic rings. The predicted octanol–water partition coefficient (Wildman–Crippen LogP) is 3.39. The first kappa shape index (κ1) is 15.8. The number of nitrogens with two attached hydrogens (primary N) is 1. The average molecular weight is 354 g/mol. The lowest BCUT2D eigenvalue weighted by atomic mass is 9.72. The van der Waals surface area contributed by atoms with Gasteiger partial charge in [0.25, 0.3) is 0 Å². The van der Waals surface area contributed by atoms with Crippen LogP contribution in [0.5, 0.6) is 0 Å². The Balaban J connectivity index is 2.29. The zero-order chi connectivity index (χ0) is 15.5. The van der Waals surface area contributed by atoms with Crippen molar-refractivity contribution in [3.8, 4) is 0 Å². The van der Waals surface area contributed by atoms with E-state index in [-0.39, 0.29) is 11.7 Å². The number of nitrogens with zero attached hydrogens (tertiary/aromatic N) is 1. The number of hydrogen-bond acceptors (Lipinski definition) is 3. The Morgan fingerprint density at radius 3 is 2.67 bits per heavy atom. The van der Waals surface area contributed by atoms with Crippen molar-refractivity contribution in [1.29, 1.82) is 0 Å². The molecule has 6 heteroatoms. The molecule has 0 radical (unpaired) electrons. The maximum absolute atomic E-state index is 12.7. The molecule has 4 N–H and O–H groups in total. The maximum atomic E-state index is 12.7. The van der Waals surface area contributed by atoms with E-state index in [0.717, 1.165) is 29.3 Å². The van der Waals surface area contributed by atoms with Crippen LogP contribution in [-0.2, 0) is 4.79 Å². The minimum Gasteiger partial charge on any atom is -0.409 e. The number of halogens is 1. The van der Waals surface area contributed by atoms with Gasteiger partial charge in [-0.15, -0.1) is 0 Å². The second kappa shape index (κ2) is 6.47. The number of oxime groups is 1. The Labute approximate surface area is 132 Å². The summed E-state index contributed by atoms with van der Waals surface area (Å²) >= 11 is 3.48. The molecule has 0 aliphatic heterocycles. The Morgan fingerprint density at radius 2 is 2.05 bits per heavy atom. The standard InChI is InChI=1S/C15H20BrN3O2/c1-10-6-5-7-11(12(10)16)18-14(20)15(13(17)19-21)8-3-2-4-9-15/h5-7,21H,2-4,8-9H2,1H3,(H2,17,19)(H,18,20). The quantitative estimate of drug-likeness (QED) is 0.336. The van der Waals surface area contributed by atoms with E-state index >= 15 is 0 Å². The average Bonchev–Trinajstić information content (AvgIpc) is 2.51. The minimum absolute atomic E-state index is 0.00322. The first-order valence-electron chi connectivity index (χ1n) is 7.06. The van der Waals surface area contributed by atoms with Crippen molar-refractivity contribution in [3.05, 3.63) is 28.2 Å². The predicted molar refractivity (Wildman–Crippen MR) is 86.4 cm³/mol. The van der Waals surface area contributed by atoms with Crippen molar-refractivity contribution in [2.45, 2.75) is 39.0 Å². The normalized spacial score (nSPS) is 18.3. The Morgan fingerprint density at radius 1 is 1.38 bits per heavy atom. The van der Waals surface area contributed by atoms with Crippen LogP contribution in [0.4, 0.5) is 5.69 Å². The number of amidine groups is 1. The van der Waals surface area contributed by atoms with E-state index in [9.17, 15) is 4.79 Å². The lowest BCUT2D eigenvalue weighted by molar-refractivity contribution is -0.123. The molecule has 1 aliphatic rings. The van der Waals surface area contributed by atoms with Crippen molar-refractivity contribution in [2.24, 2.45) is 16.3 Å². The van der Waals surface area contributed by atoms with Gasteiger partial charge in [0.2, 0.25) is 5.91 Å². The summed E-state index contributed by atoms with van der Waals surface area (Å²) in [5.74, 6) is -0.202. The molecule has 0 bridgehead atoms. The lowest BCUT2D eigenvalue weighted by Crippen LogP contribution is -2.48. The SMILES string of the molecule is Cc1cccc(NC(=O)C2(/C(N)=N/O)CCCCC2)c1Br. The second-order valence-corrected chi connectivity index (χ2v) is 6.31. The molecule has 0 atom stereocenters. The van der Waals surface area contributed by atoms with E-state index in [2.05, 4.69) is 26.4 Å². The van der Waals surface area contributed by atoms with Crippen molar-refractivity contribution in [1.82, 2.24) is 0 Å². The van der Waals surface area contributed by atoms with Crippen LogP contribution in [-0.4, -0.2) is 17.0 Å². The highest BCUT2D eigenvalue weighted by Crippen LogP contribution is 2.38. The second-order valence-electron chi connectivity index (χ2n) is 5.52. The summed E-state index contributed by atoms with van der Waals surface area (Å²) in [6.45, 7) is 1.96. The summed E-state index contributed by atoms with van der Waals surface area (Å²) in [6.07, 6.45) is 4.09. The molecule has 0 unspecified atom stereocenters. The van der Waals surface area contributed by atoms with Gasteiger partial charge in [-0.25, -0.2) is 0 Å². The zero-order valence-electron chi connectivity index (χ0n) is 12.0. The van der Waals surface area contributed by atoms with E-state index in [1.165, 1.54) is 0 Å². The molecule has 21 heavy (non-hydrogen) atoms. The molecule has 114 valence electrons. The third-order valence-corrected chi connectivity index (χ3v) is 5.23. The number of carbonyl (C=O) groups is 1. The maximum Gasteiger partial charge on any atom is 0.238 e. The number of benzene rings is 1. The number of anilines is 1. The van der Waals surface area contributed by atoms with Gasteiger partial charge in [0.1, 0.15) is 5.41 Å². The summed E-state index contributed by atoms with van der Waals surface area (Å²) in [4.78, 5) is 12.7. The van der Waals surface area contributed by atoms with Gasteiger partial charge in [0, 0.05) is 4.47 Å². The van der Waals surface area contributed by atoms with Gasteiger partial charge in [-0.3, -0.25) is 4.79 Å². The molecule has 1 saturated carbocycles. The van der Waals surface area contributed by atoms with Crippen LogP contribution >= 0.6 is 15.9 Å². The molecule has 2 rings (SSSR count). The van der Waals surface area contributed by atoms with Gasteiger partial charge < -0.3 is 16.3 Å². The van der Waals surface area contributed by atoms with Gasteiger partial charge in [0.15, 0.2) is 5.84 Å². The first-order valence-corrected chi connectivity index (χ1v) is 7.85. The van der Waals surface area contributed by atoms with E-state index < -0.39 is 5.41 Å². The van der Waals surface area contributed by atoms with Gasteiger partial charge in [-0.2, -0.15) is 0 Å². The first-order chi connectivity index (χ1) is 10.0.